The average molecular weight is 312 g/mol. The highest BCUT2D eigenvalue weighted by Crippen LogP contribution is 2.34. The van der Waals surface area contributed by atoms with E-state index >= 15 is 0 Å². The molecule has 0 N–H and O–H groups in total. The predicted octanol–water partition coefficient (Wildman–Crippen LogP) is 4.64. The van der Waals surface area contributed by atoms with Crippen LogP contribution >= 0.6 is 0 Å². The largest absolute Gasteiger partial charge is 0.497 e. The van der Waals surface area contributed by atoms with Gasteiger partial charge in [-0.3, -0.25) is 4.79 Å². The topological polar surface area (TPSA) is 35.5 Å². The van der Waals surface area contributed by atoms with Crippen molar-refractivity contribution in [2.75, 3.05) is 14.2 Å². The van der Waals surface area contributed by atoms with Crippen molar-refractivity contribution in [3.8, 4) is 11.5 Å². The van der Waals surface area contributed by atoms with Crippen molar-refractivity contribution in [3.05, 3.63) is 59.7 Å². The first-order valence-corrected chi connectivity index (χ1v) is 7.88. The maximum atomic E-state index is 13.1. The maximum Gasteiger partial charge on any atom is 0.173 e. The minimum absolute atomic E-state index is 0.132. The van der Waals surface area contributed by atoms with Crippen LogP contribution in [0.1, 0.15) is 42.6 Å². The normalized spacial score (nSPS) is 13.2. The molecule has 1 unspecified atom stereocenters. The van der Waals surface area contributed by atoms with Gasteiger partial charge < -0.3 is 9.47 Å². The molecule has 0 aliphatic rings. The van der Waals surface area contributed by atoms with Gasteiger partial charge in [-0.1, -0.05) is 25.5 Å². The Kier molecular flexibility index (Phi) is 5.43. The number of Topliss-reactive ketones (excluding diaryl/α,β-unsaturated/α-hetero) is 1. The number of ether oxygens (including phenoxy) is 2. The molecule has 0 radical (unpaired) electrons. The Labute approximate surface area is 138 Å². The van der Waals surface area contributed by atoms with Crippen LogP contribution in [-0.4, -0.2) is 20.0 Å². The number of rotatable bonds is 7. The van der Waals surface area contributed by atoms with Gasteiger partial charge in [0.2, 0.25) is 0 Å². The number of hydrogen-bond donors (Lipinski definition) is 0. The van der Waals surface area contributed by atoms with Crippen LogP contribution in [0.5, 0.6) is 11.5 Å². The van der Waals surface area contributed by atoms with E-state index < -0.39 is 5.41 Å². The molecule has 0 spiro atoms. The van der Waals surface area contributed by atoms with E-state index in [0.29, 0.717) is 5.56 Å². The van der Waals surface area contributed by atoms with Crippen LogP contribution in [0.4, 0.5) is 0 Å². The zero-order valence-electron chi connectivity index (χ0n) is 14.3. The van der Waals surface area contributed by atoms with Crippen LogP contribution < -0.4 is 9.47 Å². The molecule has 0 aromatic heterocycles. The standard InChI is InChI=1S/C20H24O3/c1-5-14-20(2,16-8-12-18(23-4)13-9-16)19(21)15-6-10-17(22-3)11-7-15/h6-13H,5,14H2,1-4H3. The van der Waals surface area contributed by atoms with Crippen molar-refractivity contribution in [1.29, 1.82) is 0 Å². The van der Waals surface area contributed by atoms with Gasteiger partial charge in [-0.2, -0.15) is 0 Å². The summed E-state index contributed by atoms with van der Waals surface area (Å²) in [5.41, 5.74) is 1.17. The molecule has 0 heterocycles. The molecule has 0 amide bonds. The lowest BCUT2D eigenvalue weighted by molar-refractivity contribution is 0.0887. The third-order valence-electron chi connectivity index (χ3n) is 4.33. The van der Waals surface area contributed by atoms with Gasteiger partial charge >= 0.3 is 0 Å². The summed E-state index contributed by atoms with van der Waals surface area (Å²) in [6, 6.07) is 15.1. The Balaban J connectivity index is 2.38. The van der Waals surface area contributed by atoms with Crippen LogP contribution in [0, 0.1) is 0 Å². The molecule has 122 valence electrons. The van der Waals surface area contributed by atoms with Crippen LogP contribution in [0.3, 0.4) is 0 Å². The molecule has 0 aliphatic carbocycles. The summed E-state index contributed by atoms with van der Waals surface area (Å²) in [5.74, 6) is 1.68. The second kappa shape index (κ2) is 7.32. The van der Waals surface area contributed by atoms with Gasteiger partial charge in [-0.15, -0.1) is 0 Å². The molecule has 0 fully saturated rings. The molecule has 2 aromatic rings. The average Bonchev–Trinajstić information content (AvgIpc) is 2.61. The third kappa shape index (κ3) is 3.55. The summed E-state index contributed by atoms with van der Waals surface area (Å²) in [6.45, 7) is 4.12. The molecule has 23 heavy (non-hydrogen) atoms. The molecular weight excluding hydrogens is 288 g/mol. The number of methoxy groups -OCH3 is 2. The van der Waals surface area contributed by atoms with Crippen LogP contribution in [0.15, 0.2) is 48.5 Å². The predicted molar refractivity (Wildman–Crippen MR) is 92.6 cm³/mol. The minimum atomic E-state index is -0.546. The number of carbonyl (C=O) groups is 1. The summed E-state index contributed by atoms with van der Waals surface area (Å²) >= 11 is 0. The fourth-order valence-corrected chi connectivity index (χ4v) is 2.91. The van der Waals surface area contributed by atoms with Gasteiger partial charge in [0.05, 0.1) is 19.6 Å². The summed E-state index contributed by atoms with van der Waals surface area (Å²) in [5, 5.41) is 0. The van der Waals surface area contributed by atoms with Crippen molar-refractivity contribution in [3.63, 3.8) is 0 Å². The highest BCUT2D eigenvalue weighted by molar-refractivity contribution is 6.04. The van der Waals surface area contributed by atoms with Crippen LogP contribution in [0.2, 0.25) is 0 Å². The number of ketones is 1. The Morgan fingerprint density at radius 1 is 0.913 bits per heavy atom. The van der Waals surface area contributed by atoms with Crippen molar-refractivity contribution >= 4 is 5.78 Å². The van der Waals surface area contributed by atoms with Gasteiger partial charge in [-0.25, -0.2) is 0 Å². The third-order valence-corrected chi connectivity index (χ3v) is 4.33. The van der Waals surface area contributed by atoms with Crippen molar-refractivity contribution in [2.45, 2.75) is 32.1 Å². The molecule has 0 saturated heterocycles. The lowest BCUT2D eigenvalue weighted by atomic mass is 9.73. The van der Waals surface area contributed by atoms with Crippen LogP contribution in [0.25, 0.3) is 0 Å². The number of carbonyl (C=O) groups excluding carboxylic acids is 1. The molecule has 3 nitrogen and oxygen atoms in total. The van der Waals surface area contributed by atoms with Gasteiger partial charge in [-0.05, 0) is 55.3 Å². The van der Waals surface area contributed by atoms with Crippen molar-refractivity contribution in [1.82, 2.24) is 0 Å². The summed E-state index contributed by atoms with van der Waals surface area (Å²) in [6.07, 6.45) is 1.73. The fourth-order valence-electron chi connectivity index (χ4n) is 2.91. The summed E-state index contributed by atoms with van der Waals surface area (Å²) < 4.78 is 10.4. The SMILES string of the molecule is CCCC(C)(C(=O)c1ccc(OC)cc1)c1ccc(OC)cc1. The van der Waals surface area contributed by atoms with E-state index in [0.717, 1.165) is 29.9 Å². The second-order valence-electron chi connectivity index (χ2n) is 5.87. The van der Waals surface area contributed by atoms with Gasteiger partial charge in [0.15, 0.2) is 5.78 Å². The van der Waals surface area contributed by atoms with Crippen molar-refractivity contribution in [2.24, 2.45) is 0 Å². The number of hydrogen-bond acceptors (Lipinski definition) is 3. The smallest absolute Gasteiger partial charge is 0.173 e. The van der Waals surface area contributed by atoms with E-state index in [1.807, 2.05) is 55.5 Å². The molecular formula is C20H24O3. The first-order valence-electron chi connectivity index (χ1n) is 7.88. The number of benzene rings is 2. The Morgan fingerprint density at radius 3 is 1.83 bits per heavy atom. The van der Waals surface area contributed by atoms with E-state index in [1.165, 1.54) is 0 Å². The molecule has 0 bridgehead atoms. The van der Waals surface area contributed by atoms with E-state index in [4.69, 9.17) is 9.47 Å². The summed E-state index contributed by atoms with van der Waals surface area (Å²) in [7, 11) is 3.26. The molecule has 0 aliphatic heterocycles. The van der Waals surface area contributed by atoms with E-state index in [1.54, 1.807) is 14.2 Å². The molecule has 2 rings (SSSR count). The maximum absolute atomic E-state index is 13.1. The first-order chi connectivity index (χ1) is 11.0. The Bertz CT molecular complexity index is 644. The van der Waals surface area contributed by atoms with Gasteiger partial charge in [0.25, 0.3) is 0 Å². The highest BCUT2D eigenvalue weighted by atomic mass is 16.5. The zero-order valence-corrected chi connectivity index (χ0v) is 14.3. The fraction of sp³-hybridized carbons (Fsp3) is 0.350. The monoisotopic (exact) mass is 312 g/mol. The molecule has 3 heteroatoms. The van der Waals surface area contributed by atoms with Gasteiger partial charge in [0.1, 0.15) is 11.5 Å². The highest BCUT2D eigenvalue weighted by Gasteiger charge is 2.34. The molecule has 2 aromatic carbocycles. The van der Waals surface area contributed by atoms with Crippen LogP contribution in [-0.2, 0) is 5.41 Å². The van der Waals surface area contributed by atoms with E-state index in [9.17, 15) is 4.79 Å². The van der Waals surface area contributed by atoms with Gasteiger partial charge in [0, 0.05) is 5.56 Å². The van der Waals surface area contributed by atoms with Crippen molar-refractivity contribution < 1.29 is 14.3 Å². The Morgan fingerprint density at radius 2 is 1.39 bits per heavy atom. The minimum Gasteiger partial charge on any atom is -0.497 e. The molecule has 1 atom stereocenters. The Hall–Kier alpha value is -2.29. The first kappa shape index (κ1) is 17.1. The zero-order chi connectivity index (χ0) is 16.9. The lowest BCUT2D eigenvalue weighted by Gasteiger charge is -2.29. The molecule has 0 saturated carbocycles. The van der Waals surface area contributed by atoms with E-state index in [-0.39, 0.29) is 5.78 Å². The summed E-state index contributed by atoms with van der Waals surface area (Å²) in [4.78, 5) is 13.1. The quantitative estimate of drug-likeness (QED) is 0.698. The second-order valence-corrected chi connectivity index (χ2v) is 5.87. The lowest BCUT2D eigenvalue weighted by Crippen LogP contribution is -2.32. The van der Waals surface area contributed by atoms with E-state index in [2.05, 4.69) is 6.92 Å².